The second-order valence-electron chi connectivity index (χ2n) is 2.92. The molecule has 0 fully saturated rings. The van der Waals surface area contributed by atoms with Crippen molar-refractivity contribution in [3.05, 3.63) is 28.0 Å². The van der Waals surface area contributed by atoms with E-state index in [4.69, 9.17) is 16.3 Å². The maximum atomic E-state index is 11.2. The molecule has 74 valence electrons. The highest BCUT2D eigenvalue weighted by Gasteiger charge is 2.19. The first-order chi connectivity index (χ1) is 6.72. The number of ether oxygens (including phenoxy) is 2. The van der Waals surface area contributed by atoms with Crippen molar-refractivity contribution >= 4 is 17.6 Å². The molecule has 2 heterocycles. The SMILES string of the molecule is COC(=O)c1cc2c(c(Cl)n1)COC2. The monoisotopic (exact) mass is 213 g/mol. The summed E-state index contributed by atoms with van der Waals surface area (Å²) in [4.78, 5) is 15.1. The summed E-state index contributed by atoms with van der Waals surface area (Å²) in [5, 5.41) is 0.320. The number of rotatable bonds is 1. The minimum Gasteiger partial charge on any atom is -0.464 e. The Morgan fingerprint density at radius 2 is 2.43 bits per heavy atom. The lowest BCUT2D eigenvalue weighted by atomic mass is 10.1. The molecule has 0 spiro atoms. The van der Waals surface area contributed by atoms with Gasteiger partial charge in [0.25, 0.3) is 0 Å². The molecule has 0 unspecified atom stereocenters. The van der Waals surface area contributed by atoms with Crippen LogP contribution in [0.5, 0.6) is 0 Å². The number of carbonyl (C=O) groups is 1. The zero-order valence-electron chi connectivity index (χ0n) is 7.54. The summed E-state index contributed by atoms with van der Waals surface area (Å²) in [6.45, 7) is 0.935. The van der Waals surface area contributed by atoms with Gasteiger partial charge in [0, 0.05) is 5.56 Å². The van der Waals surface area contributed by atoms with Crippen LogP contribution in [0, 0.1) is 0 Å². The number of fused-ring (bicyclic) bond motifs is 1. The van der Waals surface area contributed by atoms with Gasteiger partial charge in [0.2, 0.25) is 0 Å². The molecule has 1 aliphatic heterocycles. The van der Waals surface area contributed by atoms with Gasteiger partial charge in [-0.25, -0.2) is 9.78 Å². The Kier molecular flexibility index (Phi) is 2.39. The molecule has 0 N–H and O–H groups in total. The Morgan fingerprint density at radius 1 is 1.64 bits per heavy atom. The van der Waals surface area contributed by atoms with Crippen molar-refractivity contribution in [1.82, 2.24) is 4.98 Å². The second kappa shape index (κ2) is 3.55. The standard InChI is InChI=1S/C9H8ClNO3/c1-13-9(12)7-2-5-3-14-4-6(5)8(10)11-7/h2H,3-4H2,1H3. The zero-order chi connectivity index (χ0) is 10.1. The first-order valence-corrected chi connectivity index (χ1v) is 4.44. The van der Waals surface area contributed by atoms with Crippen molar-refractivity contribution in [2.75, 3.05) is 7.11 Å². The van der Waals surface area contributed by atoms with E-state index in [1.807, 2.05) is 0 Å². The summed E-state index contributed by atoms with van der Waals surface area (Å²) in [5.74, 6) is -0.485. The summed E-state index contributed by atoms with van der Waals surface area (Å²) in [6.07, 6.45) is 0. The van der Waals surface area contributed by atoms with E-state index < -0.39 is 5.97 Å². The van der Waals surface area contributed by atoms with E-state index in [0.29, 0.717) is 18.4 Å². The van der Waals surface area contributed by atoms with Crippen LogP contribution in [-0.4, -0.2) is 18.1 Å². The van der Waals surface area contributed by atoms with Gasteiger partial charge in [-0.05, 0) is 11.6 Å². The first kappa shape index (κ1) is 9.43. The van der Waals surface area contributed by atoms with Crippen LogP contribution in [0.1, 0.15) is 21.6 Å². The number of hydrogen-bond acceptors (Lipinski definition) is 4. The summed E-state index contributed by atoms with van der Waals surface area (Å²) in [7, 11) is 1.31. The highest BCUT2D eigenvalue weighted by Crippen LogP contribution is 2.26. The predicted molar refractivity (Wildman–Crippen MR) is 49.1 cm³/mol. The van der Waals surface area contributed by atoms with Crippen LogP contribution >= 0.6 is 11.6 Å². The number of pyridine rings is 1. The summed E-state index contributed by atoms with van der Waals surface area (Å²) in [6, 6.07) is 1.65. The minimum absolute atomic E-state index is 0.224. The fourth-order valence-corrected chi connectivity index (χ4v) is 1.61. The maximum absolute atomic E-state index is 11.2. The Bertz CT molecular complexity index is 392. The molecule has 14 heavy (non-hydrogen) atoms. The first-order valence-electron chi connectivity index (χ1n) is 4.06. The molecule has 1 aliphatic rings. The van der Waals surface area contributed by atoms with Gasteiger partial charge in [-0.15, -0.1) is 0 Å². The summed E-state index contributed by atoms with van der Waals surface area (Å²) in [5.41, 5.74) is 1.99. The highest BCUT2D eigenvalue weighted by atomic mass is 35.5. The summed E-state index contributed by atoms with van der Waals surface area (Å²) < 4.78 is 9.74. The fraction of sp³-hybridized carbons (Fsp3) is 0.333. The Morgan fingerprint density at radius 3 is 3.14 bits per heavy atom. The van der Waals surface area contributed by atoms with E-state index in [0.717, 1.165) is 11.1 Å². The highest BCUT2D eigenvalue weighted by molar-refractivity contribution is 6.30. The number of carbonyl (C=O) groups excluding carboxylic acids is 1. The number of methoxy groups -OCH3 is 1. The lowest BCUT2D eigenvalue weighted by Crippen LogP contribution is -2.06. The third kappa shape index (κ3) is 1.47. The molecule has 1 aromatic rings. The van der Waals surface area contributed by atoms with Crippen molar-refractivity contribution in [2.24, 2.45) is 0 Å². The smallest absolute Gasteiger partial charge is 0.356 e. The van der Waals surface area contributed by atoms with Crippen LogP contribution in [-0.2, 0) is 22.7 Å². The topological polar surface area (TPSA) is 48.4 Å². The van der Waals surface area contributed by atoms with Crippen molar-refractivity contribution in [3.8, 4) is 0 Å². The van der Waals surface area contributed by atoms with Crippen LogP contribution in [0.4, 0.5) is 0 Å². The van der Waals surface area contributed by atoms with Crippen molar-refractivity contribution in [3.63, 3.8) is 0 Å². The quantitative estimate of drug-likeness (QED) is 0.525. The average molecular weight is 214 g/mol. The van der Waals surface area contributed by atoms with Gasteiger partial charge in [-0.1, -0.05) is 11.6 Å². The largest absolute Gasteiger partial charge is 0.464 e. The van der Waals surface area contributed by atoms with Gasteiger partial charge >= 0.3 is 5.97 Å². The van der Waals surface area contributed by atoms with E-state index in [2.05, 4.69) is 9.72 Å². The molecule has 0 aromatic carbocycles. The summed E-state index contributed by atoms with van der Waals surface area (Å²) >= 11 is 5.88. The molecule has 0 saturated carbocycles. The number of halogens is 1. The molecule has 1 aromatic heterocycles. The molecule has 4 nitrogen and oxygen atoms in total. The van der Waals surface area contributed by atoms with Crippen LogP contribution in [0.25, 0.3) is 0 Å². The molecule has 0 bridgehead atoms. The van der Waals surface area contributed by atoms with Gasteiger partial charge in [0.1, 0.15) is 5.15 Å². The normalized spacial score (nSPS) is 13.9. The number of esters is 1. The molecular formula is C9H8ClNO3. The van der Waals surface area contributed by atoms with E-state index in [1.54, 1.807) is 6.07 Å². The third-order valence-corrected chi connectivity index (χ3v) is 2.38. The van der Waals surface area contributed by atoms with E-state index in [9.17, 15) is 4.79 Å². The molecule has 0 aliphatic carbocycles. The fourth-order valence-electron chi connectivity index (χ4n) is 1.34. The Hall–Kier alpha value is -1.13. The van der Waals surface area contributed by atoms with Gasteiger partial charge in [-0.3, -0.25) is 0 Å². The molecule has 5 heteroatoms. The van der Waals surface area contributed by atoms with Gasteiger partial charge in [0.05, 0.1) is 20.3 Å². The number of aromatic nitrogens is 1. The molecule has 0 amide bonds. The van der Waals surface area contributed by atoms with Crippen LogP contribution in [0.2, 0.25) is 5.15 Å². The molecule has 0 atom stereocenters. The van der Waals surface area contributed by atoms with Gasteiger partial charge in [0.15, 0.2) is 5.69 Å². The van der Waals surface area contributed by atoms with Crippen LogP contribution in [0.15, 0.2) is 6.07 Å². The van der Waals surface area contributed by atoms with Gasteiger partial charge < -0.3 is 9.47 Å². The van der Waals surface area contributed by atoms with Crippen molar-refractivity contribution in [1.29, 1.82) is 0 Å². The average Bonchev–Trinajstić information content (AvgIpc) is 2.64. The number of nitrogens with zero attached hydrogens (tertiary/aromatic N) is 1. The molecule has 0 radical (unpaired) electrons. The van der Waals surface area contributed by atoms with Crippen LogP contribution < -0.4 is 0 Å². The van der Waals surface area contributed by atoms with Crippen molar-refractivity contribution in [2.45, 2.75) is 13.2 Å². The molecule has 0 saturated heterocycles. The predicted octanol–water partition coefficient (Wildman–Crippen LogP) is 1.55. The lowest BCUT2D eigenvalue weighted by Gasteiger charge is -2.02. The third-order valence-electron chi connectivity index (χ3n) is 2.06. The van der Waals surface area contributed by atoms with E-state index >= 15 is 0 Å². The molecule has 2 rings (SSSR count). The lowest BCUT2D eigenvalue weighted by molar-refractivity contribution is 0.0594. The Labute approximate surface area is 85.8 Å². The maximum Gasteiger partial charge on any atom is 0.356 e. The Balaban J connectivity index is 2.46. The van der Waals surface area contributed by atoms with E-state index in [1.165, 1.54) is 7.11 Å². The number of hydrogen-bond donors (Lipinski definition) is 0. The second-order valence-corrected chi connectivity index (χ2v) is 3.28. The zero-order valence-corrected chi connectivity index (χ0v) is 8.30. The van der Waals surface area contributed by atoms with Crippen LogP contribution in [0.3, 0.4) is 0 Å². The van der Waals surface area contributed by atoms with Crippen molar-refractivity contribution < 1.29 is 14.3 Å². The van der Waals surface area contributed by atoms with Gasteiger partial charge in [-0.2, -0.15) is 0 Å². The molecular weight excluding hydrogens is 206 g/mol. The minimum atomic E-state index is -0.485. The van der Waals surface area contributed by atoms with E-state index in [-0.39, 0.29) is 5.69 Å².